The Labute approximate surface area is 243 Å². The number of aliphatic hydroxyl groups excluding tert-OH is 1. The molecule has 0 spiro atoms. The van der Waals surface area contributed by atoms with Crippen molar-refractivity contribution in [1.29, 1.82) is 0 Å². The average Bonchev–Trinajstić information content (AvgIpc) is 3.41. The maximum Gasteiger partial charge on any atom is 0.281 e. The van der Waals surface area contributed by atoms with Gasteiger partial charge in [0.1, 0.15) is 17.5 Å². The number of nitrogens with zero attached hydrogens (tertiary/aromatic N) is 5. The van der Waals surface area contributed by atoms with Crippen molar-refractivity contribution in [1.82, 2.24) is 19.6 Å². The minimum absolute atomic E-state index is 0.117. The van der Waals surface area contributed by atoms with Crippen molar-refractivity contribution < 1.29 is 18.3 Å². The molecule has 12 heteroatoms. The van der Waals surface area contributed by atoms with E-state index in [0.29, 0.717) is 37.1 Å². The average molecular weight is 586 g/mol. The summed E-state index contributed by atoms with van der Waals surface area (Å²) in [6, 6.07) is 8.15. The fourth-order valence-corrected chi connectivity index (χ4v) is 6.94. The molecule has 3 N–H and O–H groups in total. The SMILES string of the molecule is CC(C)(C)CCN1CCN(c2ccc3c(n2)N2C(CCCNc4cccc(n4)S(=O)(=O)NC3=O)CCC2(C)C)C1O. The molecule has 2 fully saturated rings. The predicted octanol–water partition coefficient (Wildman–Crippen LogP) is 3.38. The normalized spacial score (nSPS) is 24.7. The molecule has 0 radical (unpaired) electrons. The zero-order chi connectivity index (χ0) is 29.6. The number of sulfonamides is 1. The Morgan fingerprint density at radius 3 is 2.63 bits per heavy atom. The first kappa shape index (κ1) is 29.5. The van der Waals surface area contributed by atoms with Crippen molar-refractivity contribution in [2.45, 2.75) is 89.7 Å². The van der Waals surface area contributed by atoms with Crippen LogP contribution < -0.4 is 19.8 Å². The molecule has 5 rings (SSSR count). The van der Waals surface area contributed by atoms with Gasteiger partial charge >= 0.3 is 0 Å². The highest BCUT2D eigenvalue weighted by atomic mass is 32.2. The Kier molecular flexibility index (Phi) is 7.95. The highest BCUT2D eigenvalue weighted by Gasteiger charge is 2.42. The number of anilines is 3. The maximum absolute atomic E-state index is 13.6. The van der Waals surface area contributed by atoms with Crippen molar-refractivity contribution >= 4 is 33.4 Å². The molecule has 11 nitrogen and oxygen atoms in total. The van der Waals surface area contributed by atoms with Crippen LogP contribution in [-0.2, 0) is 10.0 Å². The van der Waals surface area contributed by atoms with Gasteiger partial charge in [-0.25, -0.2) is 14.7 Å². The number of fused-ring (bicyclic) bond motifs is 5. The van der Waals surface area contributed by atoms with Gasteiger partial charge < -0.3 is 20.2 Å². The van der Waals surface area contributed by atoms with Crippen LogP contribution in [0.3, 0.4) is 0 Å². The van der Waals surface area contributed by atoms with Crippen LogP contribution in [0.2, 0.25) is 0 Å². The number of carbonyl (C=O) groups is 1. The lowest BCUT2D eigenvalue weighted by Crippen LogP contribution is -2.46. The number of rotatable bonds is 3. The zero-order valence-corrected chi connectivity index (χ0v) is 25.5. The molecule has 5 heterocycles. The number of hydrogen-bond acceptors (Lipinski definition) is 10. The van der Waals surface area contributed by atoms with E-state index in [0.717, 1.165) is 38.6 Å². The van der Waals surface area contributed by atoms with E-state index in [-0.39, 0.29) is 27.6 Å². The predicted molar refractivity (Wildman–Crippen MR) is 159 cm³/mol. The second-order valence-corrected chi connectivity index (χ2v) is 14.8. The summed E-state index contributed by atoms with van der Waals surface area (Å²) in [4.78, 5) is 28.9. The molecule has 2 bridgehead atoms. The molecule has 2 aromatic rings. The number of amides is 1. The van der Waals surface area contributed by atoms with Crippen LogP contribution in [0.5, 0.6) is 0 Å². The van der Waals surface area contributed by atoms with Gasteiger partial charge in [-0.05, 0) is 75.6 Å². The fourth-order valence-electron chi connectivity index (χ4n) is 6.01. The van der Waals surface area contributed by atoms with Gasteiger partial charge in [0, 0.05) is 37.8 Å². The van der Waals surface area contributed by atoms with Crippen LogP contribution in [0.4, 0.5) is 17.5 Å². The molecule has 2 saturated heterocycles. The summed E-state index contributed by atoms with van der Waals surface area (Å²) in [6.45, 7) is 13.5. The van der Waals surface area contributed by atoms with E-state index in [1.807, 2.05) is 9.80 Å². The van der Waals surface area contributed by atoms with E-state index < -0.39 is 22.3 Å². The number of aromatic nitrogens is 2. The molecule has 0 saturated carbocycles. The molecular formula is C29H43N7O4S. The summed E-state index contributed by atoms with van der Waals surface area (Å²) in [5, 5.41) is 14.2. The van der Waals surface area contributed by atoms with E-state index in [9.17, 15) is 18.3 Å². The van der Waals surface area contributed by atoms with Gasteiger partial charge in [-0.3, -0.25) is 9.69 Å². The van der Waals surface area contributed by atoms with Gasteiger partial charge in [0.15, 0.2) is 11.4 Å². The Hall–Kier alpha value is -2.96. The highest BCUT2D eigenvalue weighted by Crippen LogP contribution is 2.41. The number of carbonyl (C=O) groups excluding carboxylic acids is 1. The van der Waals surface area contributed by atoms with Gasteiger partial charge in [0.05, 0.1) is 5.56 Å². The van der Waals surface area contributed by atoms with E-state index in [2.05, 4.69) is 54.5 Å². The summed E-state index contributed by atoms with van der Waals surface area (Å²) in [5.74, 6) is 0.693. The Balaban J connectivity index is 1.54. The topological polar surface area (TPSA) is 131 Å². The van der Waals surface area contributed by atoms with E-state index >= 15 is 0 Å². The van der Waals surface area contributed by atoms with E-state index in [4.69, 9.17) is 4.98 Å². The molecule has 2 atom stereocenters. The summed E-state index contributed by atoms with van der Waals surface area (Å²) in [7, 11) is -4.23. The molecule has 0 aromatic carbocycles. The smallest absolute Gasteiger partial charge is 0.281 e. The summed E-state index contributed by atoms with van der Waals surface area (Å²) in [5.41, 5.74) is 0.0296. The van der Waals surface area contributed by atoms with Gasteiger partial charge in [0.2, 0.25) is 0 Å². The summed E-state index contributed by atoms with van der Waals surface area (Å²) < 4.78 is 28.6. The van der Waals surface area contributed by atoms with Gasteiger partial charge in [0.25, 0.3) is 15.9 Å². The number of aliphatic hydroxyl groups is 1. The standard InChI is InChI=1S/C29H43N7O4S/c1-28(2,3)15-17-34-18-19-35(27(34)38)23-12-11-21-25(32-23)36-20(13-14-29(36,4)5)8-7-16-30-22-9-6-10-24(31-22)41(39,40)33-26(21)37/h6,9-12,20,27,38H,7-8,13-19H2,1-5H3,(H,30,31)(H,33,37). The molecule has 0 aliphatic carbocycles. The van der Waals surface area contributed by atoms with Crippen molar-refractivity contribution in [2.24, 2.45) is 5.41 Å². The highest BCUT2D eigenvalue weighted by molar-refractivity contribution is 7.90. The van der Waals surface area contributed by atoms with Crippen LogP contribution in [0, 0.1) is 5.41 Å². The van der Waals surface area contributed by atoms with Crippen molar-refractivity contribution in [3.05, 3.63) is 35.9 Å². The van der Waals surface area contributed by atoms with Crippen LogP contribution in [0.25, 0.3) is 0 Å². The van der Waals surface area contributed by atoms with Crippen LogP contribution in [0.15, 0.2) is 35.4 Å². The number of hydrogen-bond donors (Lipinski definition) is 3. The van der Waals surface area contributed by atoms with Gasteiger partial charge in [-0.2, -0.15) is 8.42 Å². The molecule has 1 amide bonds. The lowest BCUT2D eigenvalue weighted by molar-refractivity contribution is 0.0329. The lowest BCUT2D eigenvalue weighted by Gasteiger charge is -2.39. The van der Waals surface area contributed by atoms with Gasteiger partial charge in [-0.15, -0.1) is 0 Å². The Bertz CT molecular complexity index is 1390. The molecule has 41 heavy (non-hydrogen) atoms. The van der Waals surface area contributed by atoms with Crippen LogP contribution >= 0.6 is 0 Å². The first-order valence-electron chi connectivity index (χ1n) is 14.5. The largest absolute Gasteiger partial charge is 0.370 e. The van der Waals surface area contributed by atoms with E-state index in [1.54, 1.807) is 24.3 Å². The number of pyridine rings is 2. The minimum atomic E-state index is -4.23. The Morgan fingerprint density at radius 1 is 1.10 bits per heavy atom. The van der Waals surface area contributed by atoms with Crippen LogP contribution in [-0.4, -0.2) is 78.4 Å². The third kappa shape index (κ3) is 6.29. The molecule has 3 aliphatic rings. The van der Waals surface area contributed by atoms with E-state index in [1.165, 1.54) is 6.07 Å². The third-order valence-electron chi connectivity index (χ3n) is 8.36. The number of nitrogens with one attached hydrogen (secondary N) is 2. The van der Waals surface area contributed by atoms with Gasteiger partial charge in [-0.1, -0.05) is 26.8 Å². The van der Waals surface area contributed by atoms with Crippen molar-refractivity contribution in [2.75, 3.05) is 41.3 Å². The zero-order valence-electron chi connectivity index (χ0n) is 24.7. The summed E-state index contributed by atoms with van der Waals surface area (Å²) >= 11 is 0. The lowest BCUT2D eigenvalue weighted by atomic mass is 9.92. The van der Waals surface area contributed by atoms with Crippen LogP contribution in [0.1, 0.15) is 77.1 Å². The minimum Gasteiger partial charge on any atom is -0.370 e. The molecular weight excluding hydrogens is 542 g/mol. The first-order valence-corrected chi connectivity index (χ1v) is 16.0. The molecule has 224 valence electrons. The molecule has 2 unspecified atom stereocenters. The third-order valence-corrected chi connectivity index (χ3v) is 9.59. The second kappa shape index (κ2) is 11.0. The second-order valence-electron chi connectivity index (χ2n) is 13.2. The molecule has 2 aromatic heterocycles. The molecule has 3 aliphatic heterocycles. The first-order chi connectivity index (χ1) is 19.2. The van der Waals surface area contributed by atoms with Crippen molar-refractivity contribution in [3.63, 3.8) is 0 Å². The quantitative estimate of drug-likeness (QED) is 0.493. The Morgan fingerprint density at radius 2 is 1.88 bits per heavy atom. The maximum atomic E-state index is 13.6. The van der Waals surface area contributed by atoms with Crippen molar-refractivity contribution in [3.8, 4) is 0 Å². The summed E-state index contributed by atoms with van der Waals surface area (Å²) in [6.07, 6.45) is 3.66. The monoisotopic (exact) mass is 585 g/mol. The fraction of sp³-hybridized carbons (Fsp3) is 0.621.